The van der Waals surface area contributed by atoms with E-state index in [0.717, 1.165) is 10.2 Å². The van der Waals surface area contributed by atoms with Gasteiger partial charge in [0, 0.05) is 14.7 Å². The van der Waals surface area contributed by atoms with Crippen molar-refractivity contribution in [3.63, 3.8) is 0 Å². The van der Waals surface area contributed by atoms with Crippen molar-refractivity contribution in [2.24, 2.45) is 0 Å². The molecule has 2 nitrogen and oxygen atoms in total. The number of aromatic nitrogens is 1. The summed E-state index contributed by atoms with van der Waals surface area (Å²) >= 11 is 5.09. The maximum absolute atomic E-state index is 12.6. The monoisotopic (exact) mass is 300 g/mol. The van der Waals surface area contributed by atoms with Crippen molar-refractivity contribution in [2.45, 2.75) is 13.0 Å². The van der Waals surface area contributed by atoms with E-state index in [1.54, 1.807) is 17.4 Å². The summed E-state index contributed by atoms with van der Waals surface area (Å²) in [6.45, 7) is 2.06. The fraction of sp³-hybridized carbons (Fsp3) is 0.182. The van der Waals surface area contributed by atoms with Gasteiger partial charge < -0.3 is 5.32 Å². The van der Waals surface area contributed by atoms with E-state index >= 15 is 0 Å². The molecular weight excluding hydrogens is 291 g/mol. The Labute approximate surface area is 106 Å². The Morgan fingerprint density at radius 2 is 2.31 bits per heavy atom. The first kappa shape index (κ1) is 11.5. The highest BCUT2D eigenvalue weighted by atomic mass is 79.9. The number of anilines is 1. The summed E-state index contributed by atoms with van der Waals surface area (Å²) in [6.07, 6.45) is 1.49. The lowest BCUT2D eigenvalue weighted by Crippen LogP contribution is -2.05. The van der Waals surface area contributed by atoms with Crippen LogP contribution in [0.3, 0.4) is 0 Å². The van der Waals surface area contributed by atoms with Crippen LogP contribution in [0.15, 0.2) is 34.2 Å². The van der Waals surface area contributed by atoms with Crippen LogP contribution in [0.5, 0.6) is 0 Å². The van der Waals surface area contributed by atoms with Crippen LogP contribution in [-0.2, 0) is 0 Å². The first-order chi connectivity index (χ1) is 7.65. The molecule has 1 unspecified atom stereocenters. The molecule has 2 rings (SSSR count). The van der Waals surface area contributed by atoms with Crippen molar-refractivity contribution in [3.8, 4) is 0 Å². The third kappa shape index (κ3) is 2.80. The first-order valence-corrected chi connectivity index (χ1v) is 6.44. The number of nitrogens with zero attached hydrogens (tertiary/aromatic N) is 1. The standard InChI is InChI=1S/C11H10BrFN2S/c1-7(10-4-8(12)6-16-10)15-9-2-3-11(13)14-5-9/h2-7,15H,1H3. The van der Waals surface area contributed by atoms with Gasteiger partial charge >= 0.3 is 0 Å². The zero-order chi connectivity index (χ0) is 11.5. The molecule has 0 radical (unpaired) electrons. The largest absolute Gasteiger partial charge is 0.376 e. The van der Waals surface area contributed by atoms with Crippen LogP contribution in [-0.4, -0.2) is 4.98 Å². The second-order valence-corrected chi connectivity index (χ2v) is 5.26. The molecule has 2 aromatic rings. The highest BCUT2D eigenvalue weighted by molar-refractivity contribution is 9.10. The van der Waals surface area contributed by atoms with E-state index in [0.29, 0.717) is 0 Å². The highest BCUT2D eigenvalue weighted by Crippen LogP contribution is 2.27. The Balaban J connectivity index is 2.07. The van der Waals surface area contributed by atoms with Gasteiger partial charge in [0.05, 0.1) is 17.9 Å². The third-order valence-corrected chi connectivity index (χ3v) is 4.00. The Bertz CT molecular complexity index is 469. The minimum atomic E-state index is -0.461. The van der Waals surface area contributed by atoms with Gasteiger partial charge in [-0.3, -0.25) is 0 Å². The zero-order valence-electron chi connectivity index (χ0n) is 8.58. The fourth-order valence-electron chi connectivity index (χ4n) is 1.34. The van der Waals surface area contributed by atoms with Gasteiger partial charge in [0.1, 0.15) is 0 Å². The molecule has 5 heteroatoms. The lowest BCUT2D eigenvalue weighted by molar-refractivity contribution is 0.584. The van der Waals surface area contributed by atoms with Crippen molar-refractivity contribution >= 4 is 33.0 Å². The zero-order valence-corrected chi connectivity index (χ0v) is 11.0. The van der Waals surface area contributed by atoms with E-state index in [4.69, 9.17) is 0 Å². The molecule has 1 N–H and O–H groups in total. The SMILES string of the molecule is CC(Nc1ccc(F)nc1)c1cc(Br)cs1. The average Bonchev–Trinajstić information content (AvgIpc) is 2.68. The van der Waals surface area contributed by atoms with Gasteiger partial charge in [0.25, 0.3) is 0 Å². The summed E-state index contributed by atoms with van der Waals surface area (Å²) in [5.41, 5.74) is 0.818. The number of hydrogen-bond acceptors (Lipinski definition) is 3. The number of pyridine rings is 1. The highest BCUT2D eigenvalue weighted by Gasteiger charge is 2.07. The van der Waals surface area contributed by atoms with Crippen LogP contribution in [0, 0.1) is 5.95 Å². The minimum Gasteiger partial charge on any atom is -0.376 e. The maximum Gasteiger partial charge on any atom is 0.212 e. The maximum atomic E-state index is 12.6. The number of nitrogens with one attached hydrogen (secondary N) is 1. The van der Waals surface area contributed by atoms with E-state index in [1.165, 1.54) is 17.1 Å². The molecule has 0 aromatic carbocycles. The van der Waals surface area contributed by atoms with Crippen molar-refractivity contribution in [1.82, 2.24) is 4.98 Å². The molecule has 1 atom stereocenters. The molecule has 0 bridgehead atoms. The summed E-state index contributed by atoms with van der Waals surface area (Å²) in [7, 11) is 0. The smallest absolute Gasteiger partial charge is 0.212 e. The van der Waals surface area contributed by atoms with Gasteiger partial charge in [-0.1, -0.05) is 0 Å². The molecule has 0 amide bonds. The normalized spacial score (nSPS) is 12.4. The van der Waals surface area contributed by atoms with Crippen LogP contribution >= 0.6 is 27.3 Å². The fourth-order valence-corrected chi connectivity index (χ4v) is 2.79. The van der Waals surface area contributed by atoms with Crippen LogP contribution in [0.2, 0.25) is 0 Å². The number of rotatable bonds is 3. The summed E-state index contributed by atoms with van der Waals surface area (Å²) < 4.78 is 13.7. The van der Waals surface area contributed by atoms with Gasteiger partial charge in [-0.15, -0.1) is 11.3 Å². The summed E-state index contributed by atoms with van der Waals surface area (Å²) in [5.74, 6) is -0.461. The predicted octanol–water partition coefficient (Wildman–Crippen LogP) is 4.22. The van der Waals surface area contributed by atoms with Crippen molar-refractivity contribution in [3.05, 3.63) is 45.1 Å². The van der Waals surface area contributed by atoms with Crippen molar-refractivity contribution in [2.75, 3.05) is 5.32 Å². The molecule has 0 aliphatic heterocycles. The molecule has 0 saturated carbocycles. The molecule has 16 heavy (non-hydrogen) atoms. The van der Waals surface area contributed by atoms with Crippen LogP contribution in [0.25, 0.3) is 0 Å². The van der Waals surface area contributed by atoms with Gasteiger partial charge in [-0.2, -0.15) is 4.39 Å². The van der Waals surface area contributed by atoms with E-state index in [9.17, 15) is 4.39 Å². The quantitative estimate of drug-likeness (QED) is 0.859. The molecular formula is C11H10BrFN2S. The second-order valence-electron chi connectivity index (χ2n) is 3.40. The first-order valence-electron chi connectivity index (χ1n) is 4.77. The van der Waals surface area contributed by atoms with Crippen molar-refractivity contribution in [1.29, 1.82) is 0 Å². The Morgan fingerprint density at radius 3 is 2.88 bits per heavy atom. The lowest BCUT2D eigenvalue weighted by Gasteiger charge is -2.12. The summed E-state index contributed by atoms with van der Waals surface area (Å²) in [4.78, 5) is 4.81. The Kier molecular flexibility index (Phi) is 3.56. The Morgan fingerprint density at radius 1 is 1.50 bits per heavy atom. The van der Waals surface area contributed by atoms with Crippen molar-refractivity contribution < 1.29 is 4.39 Å². The molecule has 0 aliphatic rings. The van der Waals surface area contributed by atoms with E-state index in [-0.39, 0.29) is 6.04 Å². The molecule has 0 fully saturated rings. The van der Waals surface area contributed by atoms with E-state index in [2.05, 4.69) is 39.2 Å². The van der Waals surface area contributed by atoms with Crippen LogP contribution in [0.1, 0.15) is 17.8 Å². The third-order valence-electron chi connectivity index (χ3n) is 2.13. The molecule has 0 saturated heterocycles. The minimum absolute atomic E-state index is 0.184. The lowest BCUT2D eigenvalue weighted by atomic mass is 10.2. The number of thiophene rings is 1. The predicted molar refractivity (Wildman–Crippen MR) is 68.3 cm³/mol. The Hall–Kier alpha value is -0.940. The number of halogens is 2. The van der Waals surface area contributed by atoms with E-state index in [1.807, 2.05) is 5.38 Å². The second kappa shape index (κ2) is 4.93. The van der Waals surface area contributed by atoms with Crippen LogP contribution < -0.4 is 5.32 Å². The molecule has 2 aromatic heterocycles. The van der Waals surface area contributed by atoms with Gasteiger partial charge in [0.2, 0.25) is 5.95 Å². The average molecular weight is 301 g/mol. The van der Waals surface area contributed by atoms with Gasteiger partial charge in [-0.05, 0) is 41.1 Å². The number of hydrogen-bond donors (Lipinski definition) is 1. The molecule has 0 spiro atoms. The topological polar surface area (TPSA) is 24.9 Å². The van der Waals surface area contributed by atoms with Gasteiger partial charge in [0.15, 0.2) is 0 Å². The summed E-state index contributed by atoms with van der Waals surface area (Å²) in [6, 6.07) is 5.28. The molecule has 0 aliphatic carbocycles. The van der Waals surface area contributed by atoms with Gasteiger partial charge in [-0.25, -0.2) is 4.98 Å². The molecule has 84 valence electrons. The summed E-state index contributed by atoms with van der Waals surface area (Å²) in [5, 5.41) is 5.30. The van der Waals surface area contributed by atoms with E-state index < -0.39 is 5.95 Å². The van der Waals surface area contributed by atoms with Crippen LogP contribution in [0.4, 0.5) is 10.1 Å². The molecule has 2 heterocycles.